The van der Waals surface area contributed by atoms with Gasteiger partial charge in [-0.15, -0.1) is 10.2 Å². The Morgan fingerprint density at radius 3 is 2.80 bits per heavy atom. The van der Waals surface area contributed by atoms with Crippen LogP contribution < -0.4 is 9.47 Å². The molecule has 0 atom stereocenters. The Balaban J connectivity index is 1.76. The molecule has 0 spiro atoms. The van der Waals surface area contributed by atoms with E-state index in [0.717, 1.165) is 28.5 Å². The van der Waals surface area contributed by atoms with E-state index in [-0.39, 0.29) is 0 Å². The summed E-state index contributed by atoms with van der Waals surface area (Å²) < 4.78 is 12.8. The minimum Gasteiger partial charge on any atom is -0.497 e. The van der Waals surface area contributed by atoms with Crippen LogP contribution in [0.3, 0.4) is 0 Å². The molecule has 0 unspecified atom stereocenters. The molecule has 0 saturated carbocycles. The fraction of sp³-hybridized carbons (Fsp3) is 0.158. The Hall–Kier alpha value is -3.28. The average molecular weight is 334 g/mol. The van der Waals surface area contributed by atoms with E-state index in [9.17, 15) is 0 Å². The molecule has 4 aromatic rings. The molecule has 0 bridgehead atoms. The lowest BCUT2D eigenvalue weighted by molar-refractivity contribution is 0.401. The van der Waals surface area contributed by atoms with E-state index < -0.39 is 0 Å². The number of H-pyrrole nitrogens is 1. The highest BCUT2D eigenvalue weighted by atomic mass is 16.5. The smallest absolute Gasteiger partial charge is 0.143 e. The lowest BCUT2D eigenvalue weighted by Crippen LogP contribution is -2.04. The fourth-order valence-corrected chi connectivity index (χ4v) is 3.01. The first kappa shape index (κ1) is 15.3. The van der Waals surface area contributed by atoms with Crippen molar-refractivity contribution < 1.29 is 9.47 Å². The van der Waals surface area contributed by atoms with E-state index in [1.165, 1.54) is 10.9 Å². The average Bonchev–Trinajstić information content (AvgIpc) is 3.29. The summed E-state index contributed by atoms with van der Waals surface area (Å²) in [5.74, 6) is 2.32. The van der Waals surface area contributed by atoms with Crippen LogP contribution in [-0.4, -0.2) is 34.0 Å². The van der Waals surface area contributed by atoms with Crippen LogP contribution in [0.15, 0.2) is 55.0 Å². The van der Waals surface area contributed by atoms with Gasteiger partial charge in [0.1, 0.15) is 23.7 Å². The number of aromatic nitrogens is 4. The monoisotopic (exact) mass is 334 g/mol. The van der Waals surface area contributed by atoms with Gasteiger partial charge in [0.25, 0.3) is 0 Å². The molecular formula is C19H18N4O2. The maximum Gasteiger partial charge on any atom is 0.143 e. The number of hydrogen-bond acceptors (Lipinski definition) is 4. The Morgan fingerprint density at radius 1 is 1.08 bits per heavy atom. The largest absolute Gasteiger partial charge is 0.497 e. The van der Waals surface area contributed by atoms with Gasteiger partial charge in [-0.3, -0.25) is 4.57 Å². The second-order valence-electron chi connectivity index (χ2n) is 5.69. The van der Waals surface area contributed by atoms with E-state index in [0.29, 0.717) is 6.42 Å². The van der Waals surface area contributed by atoms with Crippen LogP contribution >= 0.6 is 0 Å². The number of methoxy groups -OCH3 is 2. The van der Waals surface area contributed by atoms with Gasteiger partial charge in [0.05, 0.1) is 19.9 Å². The van der Waals surface area contributed by atoms with Gasteiger partial charge in [-0.1, -0.05) is 18.2 Å². The van der Waals surface area contributed by atoms with E-state index in [1.54, 1.807) is 20.5 Å². The summed E-state index contributed by atoms with van der Waals surface area (Å²) >= 11 is 0. The minimum absolute atomic E-state index is 0.657. The molecule has 0 aliphatic carbocycles. The predicted molar refractivity (Wildman–Crippen MR) is 95.6 cm³/mol. The Bertz CT molecular complexity index is 1020. The molecule has 0 fully saturated rings. The van der Waals surface area contributed by atoms with Crippen LogP contribution in [0.1, 0.15) is 11.4 Å². The van der Waals surface area contributed by atoms with Crippen LogP contribution in [0.4, 0.5) is 0 Å². The van der Waals surface area contributed by atoms with E-state index in [1.807, 2.05) is 41.1 Å². The van der Waals surface area contributed by atoms with Gasteiger partial charge in [-0.25, -0.2) is 0 Å². The highest BCUT2D eigenvalue weighted by Crippen LogP contribution is 2.29. The Labute approximate surface area is 145 Å². The van der Waals surface area contributed by atoms with Gasteiger partial charge >= 0.3 is 0 Å². The Morgan fingerprint density at radius 2 is 1.96 bits per heavy atom. The maximum atomic E-state index is 5.49. The Kier molecular flexibility index (Phi) is 3.85. The van der Waals surface area contributed by atoms with Crippen molar-refractivity contribution in [2.75, 3.05) is 14.2 Å². The van der Waals surface area contributed by atoms with E-state index in [2.05, 4.69) is 27.3 Å². The summed E-state index contributed by atoms with van der Waals surface area (Å²) in [5.41, 5.74) is 3.14. The van der Waals surface area contributed by atoms with Gasteiger partial charge < -0.3 is 14.5 Å². The molecule has 2 aromatic heterocycles. The summed E-state index contributed by atoms with van der Waals surface area (Å²) in [7, 11) is 3.29. The number of aromatic amines is 1. The molecule has 4 rings (SSSR count). The summed E-state index contributed by atoms with van der Waals surface area (Å²) in [6.45, 7) is 0. The molecule has 0 saturated heterocycles. The first-order valence-electron chi connectivity index (χ1n) is 7.96. The zero-order chi connectivity index (χ0) is 17.2. The maximum absolute atomic E-state index is 5.49. The zero-order valence-electron chi connectivity index (χ0n) is 14.1. The van der Waals surface area contributed by atoms with Crippen LogP contribution in [0.2, 0.25) is 0 Å². The quantitative estimate of drug-likeness (QED) is 0.608. The summed E-state index contributed by atoms with van der Waals surface area (Å²) in [6, 6.07) is 13.9. The fourth-order valence-electron chi connectivity index (χ4n) is 3.01. The van der Waals surface area contributed by atoms with E-state index >= 15 is 0 Å². The lowest BCUT2D eigenvalue weighted by atomic mass is 10.1. The number of benzene rings is 2. The molecule has 0 aliphatic rings. The predicted octanol–water partition coefficient (Wildman–Crippen LogP) is 3.36. The number of nitrogens with one attached hydrogen (secondary N) is 1. The third-order valence-electron chi connectivity index (χ3n) is 4.29. The van der Waals surface area contributed by atoms with Gasteiger partial charge in [-0.05, 0) is 23.8 Å². The van der Waals surface area contributed by atoms with E-state index in [4.69, 9.17) is 9.47 Å². The van der Waals surface area contributed by atoms with Crippen molar-refractivity contribution in [1.82, 2.24) is 19.7 Å². The molecule has 0 radical (unpaired) electrons. The minimum atomic E-state index is 0.657. The third-order valence-corrected chi connectivity index (χ3v) is 4.29. The first-order chi connectivity index (χ1) is 12.3. The van der Waals surface area contributed by atoms with Gasteiger partial charge in [0.2, 0.25) is 0 Å². The summed E-state index contributed by atoms with van der Waals surface area (Å²) in [5, 5.41) is 9.59. The zero-order valence-corrected chi connectivity index (χ0v) is 14.1. The summed E-state index contributed by atoms with van der Waals surface area (Å²) in [4.78, 5) is 3.30. The highest BCUT2D eigenvalue weighted by Gasteiger charge is 2.14. The van der Waals surface area contributed by atoms with Crippen molar-refractivity contribution in [3.05, 3.63) is 66.4 Å². The molecule has 6 heteroatoms. The molecule has 2 heterocycles. The second kappa shape index (κ2) is 6.32. The van der Waals surface area contributed by atoms with Crippen LogP contribution in [0.5, 0.6) is 11.5 Å². The van der Waals surface area contributed by atoms with Crippen molar-refractivity contribution >= 4 is 10.9 Å². The number of rotatable bonds is 5. The summed E-state index contributed by atoms with van der Waals surface area (Å²) in [6.07, 6.45) is 4.37. The number of para-hydroxylation sites is 1. The van der Waals surface area contributed by atoms with Crippen molar-refractivity contribution in [3.63, 3.8) is 0 Å². The molecular weight excluding hydrogens is 316 g/mol. The number of hydrogen-bond donors (Lipinski definition) is 1. The molecule has 1 N–H and O–H groups in total. The van der Waals surface area contributed by atoms with Gasteiger partial charge in [0.15, 0.2) is 0 Å². The van der Waals surface area contributed by atoms with Crippen LogP contribution in [0.25, 0.3) is 16.6 Å². The highest BCUT2D eigenvalue weighted by molar-refractivity contribution is 5.83. The molecule has 0 aliphatic heterocycles. The molecule has 2 aromatic carbocycles. The lowest BCUT2D eigenvalue weighted by Gasteiger charge is -2.12. The van der Waals surface area contributed by atoms with Gasteiger partial charge in [0, 0.05) is 29.6 Å². The van der Waals surface area contributed by atoms with Crippen molar-refractivity contribution in [3.8, 4) is 17.2 Å². The normalized spacial score (nSPS) is 11.0. The molecule has 126 valence electrons. The van der Waals surface area contributed by atoms with Gasteiger partial charge in [-0.2, -0.15) is 0 Å². The topological polar surface area (TPSA) is 65.0 Å². The molecule has 25 heavy (non-hydrogen) atoms. The third kappa shape index (κ3) is 2.71. The second-order valence-corrected chi connectivity index (χ2v) is 5.69. The number of nitrogens with zero attached hydrogens (tertiary/aromatic N) is 3. The van der Waals surface area contributed by atoms with Crippen molar-refractivity contribution in [2.24, 2.45) is 0 Å². The van der Waals surface area contributed by atoms with Crippen LogP contribution in [0, 0.1) is 0 Å². The van der Waals surface area contributed by atoms with Crippen molar-refractivity contribution in [2.45, 2.75) is 6.42 Å². The molecule has 6 nitrogen and oxygen atoms in total. The first-order valence-corrected chi connectivity index (χ1v) is 7.96. The van der Waals surface area contributed by atoms with Crippen LogP contribution in [-0.2, 0) is 6.42 Å². The van der Waals surface area contributed by atoms with Crippen molar-refractivity contribution in [1.29, 1.82) is 0 Å². The standard InChI is InChI=1S/C19H18N4O2/c1-24-14-7-8-18(25-2)17(10-14)23-12-21-22-19(23)9-13-11-20-16-6-4-3-5-15(13)16/h3-8,10-12,20H,9H2,1-2H3. The number of ether oxygens (including phenoxy) is 2. The SMILES string of the molecule is COc1ccc(OC)c(-n2cnnc2Cc2c[nH]c3ccccc23)c1. The molecule has 0 amide bonds. The number of fused-ring (bicyclic) bond motifs is 1.